The predicted molar refractivity (Wildman–Crippen MR) is 65.9 cm³/mol. The SMILES string of the molecule is O=S(=O)(NC1CC2CCC1O2)c1ccc(Cl)nc1. The zero-order valence-electron chi connectivity index (χ0n) is 9.54. The standard InChI is InChI=1S/C11H13ClN2O3S/c12-11-4-2-8(6-13-11)18(15,16)14-9-5-7-1-3-10(9)17-7/h2,4,6-7,9-10,14H,1,3,5H2. The molecule has 0 aliphatic carbocycles. The van der Waals surface area contributed by atoms with Gasteiger partial charge >= 0.3 is 0 Å². The lowest BCUT2D eigenvalue weighted by Gasteiger charge is -2.19. The maximum Gasteiger partial charge on any atom is 0.242 e. The van der Waals surface area contributed by atoms with Gasteiger partial charge in [0.2, 0.25) is 10.0 Å². The van der Waals surface area contributed by atoms with Crippen molar-refractivity contribution in [2.24, 2.45) is 0 Å². The summed E-state index contributed by atoms with van der Waals surface area (Å²) in [6.45, 7) is 0. The predicted octanol–water partition coefficient (Wildman–Crippen LogP) is 1.33. The van der Waals surface area contributed by atoms with Crippen LogP contribution in [0.25, 0.3) is 0 Å². The van der Waals surface area contributed by atoms with Gasteiger partial charge in [0.1, 0.15) is 10.0 Å². The monoisotopic (exact) mass is 288 g/mol. The third kappa shape index (κ3) is 2.25. The van der Waals surface area contributed by atoms with E-state index in [4.69, 9.17) is 16.3 Å². The molecule has 2 fully saturated rings. The van der Waals surface area contributed by atoms with Crippen molar-refractivity contribution in [3.8, 4) is 0 Å². The molecular weight excluding hydrogens is 276 g/mol. The minimum absolute atomic E-state index is 0.0186. The summed E-state index contributed by atoms with van der Waals surface area (Å²) in [7, 11) is -3.53. The molecule has 5 nitrogen and oxygen atoms in total. The quantitative estimate of drug-likeness (QED) is 0.852. The number of sulfonamides is 1. The molecular formula is C11H13ClN2O3S. The summed E-state index contributed by atoms with van der Waals surface area (Å²) in [4.78, 5) is 3.92. The van der Waals surface area contributed by atoms with Crippen molar-refractivity contribution in [2.75, 3.05) is 0 Å². The smallest absolute Gasteiger partial charge is 0.242 e. The third-order valence-electron chi connectivity index (χ3n) is 3.42. The van der Waals surface area contributed by atoms with Crippen LogP contribution >= 0.6 is 11.6 Å². The molecule has 2 aliphatic heterocycles. The number of rotatable bonds is 3. The largest absolute Gasteiger partial charge is 0.373 e. The molecule has 0 amide bonds. The molecule has 3 rings (SSSR count). The first-order valence-corrected chi connectivity index (χ1v) is 7.70. The molecule has 1 aromatic heterocycles. The number of hydrogen-bond donors (Lipinski definition) is 1. The van der Waals surface area contributed by atoms with Gasteiger partial charge in [0.05, 0.1) is 18.2 Å². The highest BCUT2D eigenvalue weighted by atomic mass is 35.5. The van der Waals surface area contributed by atoms with Gasteiger partial charge in [-0.15, -0.1) is 0 Å². The van der Waals surface area contributed by atoms with Crippen molar-refractivity contribution in [1.29, 1.82) is 0 Å². The van der Waals surface area contributed by atoms with E-state index in [1.54, 1.807) is 0 Å². The Morgan fingerprint density at radius 2 is 2.22 bits per heavy atom. The Balaban J connectivity index is 1.77. The minimum Gasteiger partial charge on any atom is -0.373 e. The molecule has 0 spiro atoms. The minimum atomic E-state index is -3.53. The van der Waals surface area contributed by atoms with Crippen LogP contribution in [0.3, 0.4) is 0 Å². The number of hydrogen-bond acceptors (Lipinski definition) is 4. The Bertz CT molecular complexity index is 546. The number of fused-ring (bicyclic) bond motifs is 2. The Labute approximate surface area is 111 Å². The molecule has 3 heterocycles. The second kappa shape index (κ2) is 4.45. The molecule has 2 bridgehead atoms. The van der Waals surface area contributed by atoms with Crippen molar-refractivity contribution in [3.63, 3.8) is 0 Å². The van der Waals surface area contributed by atoms with E-state index in [1.165, 1.54) is 18.3 Å². The normalized spacial score (nSPS) is 30.8. The number of halogens is 1. The number of nitrogens with one attached hydrogen (secondary N) is 1. The summed E-state index contributed by atoms with van der Waals surface area (Å²) >= 11 is 5.64. The average Bonchev–Trinajstić information content (AvgIpc) is 2.91. The highest BCUT2D eigenvalue weighted by molar-refractivity contribution is 7.89. The topological polar surface area (TPSA) is 68.3 Å². The van der Waals surface area contributed by atoms with Gasteiger partial charge < -0.3 is 4.74 Å². The van der Waals surface area contributed by atoms with Crippen molar-refractivity contribution in [3.05, 3.63) is 23.5 Å². The van der Waals surface area contributed by atoms with E-state index in [2.05, 4.69) is 9.71 Å². The van der Waals surface area contributed by atoms with E-state index in [-0.39, 0.29) is 28.3 Å². The second-order valence-electron chi connectivity index (χ2n) is 4.65. The summed E-state index contributed by atoms with van der Waals surface area (Å²) in [5.74, 6) is 0. The fourth-order valence-corrected chi connectivity index (χ4v) is 3.88. The van der Waals surface area contributed by atoms with Crippen LogP contribution in [0.1, 0.15) is 19.3 Å². The van der Waals surface area contributed by atoms with Crippen LogP contribution in [0.2, 0.25) is 5.15 Å². The first kappa shape index (κ1) is 12.3. The zero-order chi connectivity index (χ0) is 12.8. The van der Waals surface area contributed by atoms with E-state index in [0.29, 0.717) is 0 Å². The molecule has 1 aromatic rings. The van der Waals surface area contributed by atoms with Gasteiger partial charge in [-0.3, -0.25) is 0 Å². The van der Waals surface area contributed by atoms with Crippen molar-refractivity contribution < 1.29 is 13.2 Å². The second-order valence-corrected chi connectivity index (χ2v) is 6.76. The first-order chi connectivity index (χ1) is 8.54. The van der Waals surface area contributed by atoms with Crippen LogP contribution in [0, 0.1) is 0 Å². The van der Waals surface area contributed by atoms with Gasteiger partial charge in [-0.05, 0) is 31.4 Å². The molecule has 98 valence electrons. The fraction of sp³-hybridized carbons (Fsp3) is 0.545. The molecule has 1 N–H and O–H groups in total. The van der Waals surface area contributed by atoms with Gasteiger partial charge in [0, 0.05) is 6.20 Å². The van der Waals surface area contributed by atoms with E-state index < -0.39 is 10.0 Å². The lowest BCUT2D eigenvalue weighted by Crippen LogP contribution is -2.41. The Morgan fingerprint density at radius 3 is 2.78 bits per heavy atom. The van der Waals surface area contributed by atoms with Crippen LogP contribution in [-0.2, 0) is 14.8 Å². The number of pyridine rings is 1. The summed E-state index contributed by atoms with van der Waals surface area (Å²) in [6.07, 6.45) is 4.21. The lowest BCUT2D eigenvalue weighted by atomic mass is 9.96. The van der Waals surface area contributed by atoms with Crippen molar-refractivity contribution in [1.82, 2.24) is 9.71 Å². The molecule has 3 unspecified atom stereocenters. The Kier molecular flexibility index (Phi) is 3.05. The van der Waals surface area contributed by atoms with Crippen LogP contribution in [0.4, 0.5) is 0 Å². The van der Waals surface area contributed by atoms with E-state index in [0.717, 1.165) is 19.3 Å². The van der Waals surface area contributed by atoms with Gasteiger partial charge in [0.15, 0.2) is 0 Å². The molecule has 7 heteroatoms. The van der Waals surface area contributed by atoms with E-state index >= 15 is 0 Å². The van der Waals surface area contributed by atoms with Crippen molar-refractivity contribution >= 4 is 21.6 Å². The summed E-state index contributed by atoms with van der Waals surface area (Å²) in [5, 5.41) is 0.275. The fourth-order valence-electron chi connectivity index (χ4n) is 2.55. The van der Waals surface area contributed by atoms with Crippen LogP contribution < -0.4 is 4.72 Å². The summed E-state index contributed by atoms with van der Waals surface area (Å²) in [5.41, 5.74) is 0. The summed E-state index contributed by atoms with van der Waals surface area (Å²) in [6, 6.07) is 2.79. The zero-order valence-corrected chi connectivity index (χ0v) is 11.1. The van der Waals surface area contributed by atoms with Gasteiger partial charge in [-0.1, -0.05) is 11.6 Å². The van der Waals surface area contributed by atoms with Gasteiger partial charge in [-0.25, -0.2) is 18.1 Å². The van der Waals surface area contributed by atoms with E-state index in [1.807, 2.05) is 0 Å². The number of nitrogens with zero attached hydrogens (tertiary/aromatic N) is 1. The Morgan fingerprint density at radius 1 is 1.39 bits per heavy atom. The number of ether oxygens (including phenoxy) is 1. The molecule has 0 radical (unpaired) electrons. The molecule has 2 saturated heterocycles. The Hall–Kier alpha value is -0.690. The molecule has 18 heavy (non-hydrogen) atoms. The highest BCUT2D eigenvalue weighted by Gasteiger charge is 2.42. The van der Waals surface area contributed by atoms with Gasteiger partial charge in [-0.2, -0.15) is 0 Å². The molecule has 2 aliphatic rings. The lowest BCUT2D eigenvalue weighted by molar-refractivity contribution is 0.0996. The van der Waals surface area contributed by atoms with Crippen molar-refractivity contribution in [2.45, 2.75) is 42.4 Å². The van der Waals surface area contributed by atoms with Crippen LogP contribution in [-0.4, -0.2) is 31.7 Å². The third-order valence-corrected chi connectivity index (χ3v) is 5.12. The molecule has 3 atom stereocenters. The first-order valence-electron chi connectivity index (χ1n) is 5.84. The van der Waals surface area contributed by atoms with E-state index in [9.17, 15) is 8.42 Å². The summed E-state index contributed by atoms with van der Waals surface area (Å²) < 4.78 is 32.6. The highest BCUT2D eigenvalue weighted by Crippen LogP contribution is 2.34. The van der Waals surface area contributed by atoms with Gasteiger partial charge in [0.25, 0.3) is 0 Å². The van der Waals surface area contributed by atoms with Crippen LogP contribution in [0.15, 0.2) is 23.2 Å². The number of aromatic nitrogens is 1. The molecule has 0 saturated carbocycles. The van der Waals surface area contributed by atoms with Crippen LogP contribution in [0.5, 0.6) is 0 Å². The average molecular weight is 289 g/mol. The maximum atomic E-state index is 12.1. The molecule has 0 aromatic carbocycles. The maximum absolute atomic E-state index is 12.1.